The molecule has 0 radical (unpaired) electrons. The van der Waals surface area contributed by atoms with Gasteiger partial charge in [-0.25, -0.2) is 13.1 Å². The summed E-state index contributed by atoms with van der Waals surface area (Å²) in [4.78, 5) is 0.0138. The number of hydrogen-bond acceptors (Lipinski definition) is 3. The average Bonchev–Trinajstić information content (AvgIpc) is 2.30. The standard InChI is InChI=1S/C14H22Cl2N2O2S/c1-5-6-17-9-10-7-11(15)8-12(13(10)16)21(19,20)18-14(2,3)4/h7-8,17-18H,5-6,9H2,1-4H3. The van der Waals surface area contributed by atoms with Crippen molar-refractivity contribution < 1.29 is 8.42 Å². The lowest BCUT2D eigenvalue weighted by atomic mass is 10.1. The lowest BCUT2D eigenvalue weighted by Crippen LogP contribution is -2.40. The highest BCUT2D eigenvalue weighted by molar-refractivity contribution is 7.89. The van der Waals surface area contributed by atoms with Crippen molar-refractivity contribution in [2.45, 2.75) is 51.1 Å². The molecule has 0 aliphatic heterocycles. The van der Waals surface area contributed by atoms with Gasteiger partial charge in [0.15, 0.2) is 0 Å². The van der Waals surface area contributed by atoms with Crippen molar-refractivity contribution in [2.75, 3.05) is 6.54 Å². The molecule has 0 saturated heterocycles. The molecule has 0 saturated carbocycles. The normalized spacial score (nSPS) is 12.7. The molecule has 0 aromatic heterocycles. The summed E-state index contributed by atoms with van der Waals surface area (Å²) in [5.41, 5.74) is 0.0809. The van der Waals surface area contributed by atoms with Gasteiger partial charge in [-0.3, -0.25) is 0 Å². The number of nitrogens with one attached hydrogen (secondary N) is 2. The molecule has 0 amide bonds. The molecule has 0 spiro atoms. The van der Waals surface area contributed by atoms with Crippen LogP contribution in [-0.4, -0.2) is 20.5 Å². The zero-order valence-corrected chi connectivity index (χ0v) is 15.1. The Morgan fingerprint density at radius 2 is 1.81 bits per heavy atom. The number of sulfonamides is 1. The molecule has 0 aliphatic carbocycles. The van der Waals surface area contributed by atoms with Crippen LogP contribution in [0.4, 0.5) is 0 Å². The highest BCUT2D eigenvalue weighted by atomic mass is 35.5. The predicted molar refractivity (Wildman–Crippen MR) is 88.5 cm³/mol. The van der Waals surface area contributed by atoms with Gasteiger partial charge in [0.25, 0.3) is 0 Å². The quantitative estimate of drug-likeness (QED) is 0.769. The topological polar surface area (TPSA) is 58.2 Å². The summed E-state index contributed by atoms with van der Waals surface area (Å²) < 4.78 is 27.4. The van der Waals surface area contributed by atoms with Gasteiger partial charge in [0.05, 0.1) is 5.02 Å². The van der Waals surface area contributed by atoms with Crippen LogP contribution >= 0.6 is 23.2 Å². The van der Waals surface area contributed by atoms with Gasteiger partial charge in [-0.2, -0.15) is 0 Å². The fourth-order valence-corrected chi connectivity index (χ4v) is 4.15. The molecule has 0 fully saturated rings. The van der Waals surface area contributed by atoms with Crippen LogP contribution in [0, 0.1) is 0 Å². The van der Waals surface area contributed by atoms with Gasteiger partial charge in [-0.15, -0.1) is 0 Å². The van der Waals surface area contributed by atoms with Crippen LogP contribution in [-0.2, 0) is 16.6 Å². The number of halogens is 2. The second-order valence-corrected chi connectivity index (χ2v) is 8.37. The number of benzene rings is 1. The van der Waals surface area contributed by atoms with Crippen molar-refractivity contribution in [1.82, 2.24) is 10.0 Å². The van der Waals surface area contributed by atoms with E-state index in [-0.39, 0.29) is 9.92 Å². The van der Waals surface area contributed by atoms with Gasteiger partial charge in [-0.05, 0) is 51.4 Å². The Balaban J connectivity index is 3.19. The first kappa shape index (κ1) is 18.7. The minimum Gasteiger partial charge on any atom is -0.313 e. The first-order valence-corrected chi connectivity index (χ1v) is 9.03. The van der Waals surface area contributed by atoms with E-state index in [1.807, 2.05) is 0 Å². The SMILES string of the molecule is CCCNCc1cc(Cl)cc(S(=O)(=O)NC(C)(C)C)c1Cl. The number of rotatable bonds is 6. The second-order valence-electron chi connectivity index (χ2n) is 5.91. The zero-order chi connectivity index (χ0) is 16.3. The molecule has 21 heavy (non-hydrogen) atoms. The Bertz CT molecular complexity index is 596. The van der Waals surface area contributed by atoms with E-state index in [4.69, 9.17) is 23.2 Å². The molecule has 0 heterocycles. The summed E-state index contributed by atoms with van der Waals surface area (Å²) in [7, 11) is -3.72. The highest BCUT2D eigenvalue weighted by Gasteiger charge is 2.25. The minimum absolute atomic E-state index is 0.0138. The largest absolute Gasteiger partial charge is 0.313 e. The van der Waals surface area contributed by atoms with Crippen molar-refractivity contribution in [3.63, 3.8) is 0 Å². The summed E-state index contributed by atoms with van der Waals surface area (Å²) in [6.07, 6.45) is 0.981. The Morgan fingerprint density at radius 3 is 2.33 bits per heavy atom. The Hall–Kier alpha value is -0.330. The van der Waals surface area contributed by atoms with E-state index in [0.717, 1.165) is 13.0 Å². The third-order valence-electron chi connectivity index (χ3n) is 2.55. The second kappa shape index (κ2) is 7.29. The van der Waals surface area contributed by atoms with Crippen molar-refractivity contribution in [2.24, 2.45) is 0 Å². The summed E-state index contributed by atoms with van der Waals surface area (Å²) in [5.74, 6) is 0. The highest BCUT2D eigenvalue weighted by Crippen LogP contribution is 2.30. The maximum atomic E-state index is 12.4. The van der Waals surface area contributed by atoms with E-state index in [9.17, 15) is 8.42 Å². The van der Waals surface area contributed by atoms with Gasteiger partial charge in [0.1, 0.15) is 4.90 Å². The molecular formula is C14H22Cl2N2O2S. The predicted octanol–water partition coefficient (Wildman–Crippen LogP) is 3.57. The average molecular weight is 353 g/mol. The molecule has 1 aromatic carbocycles. The maximum absolute atomic E-state index is 12.4. The van der Waals surface area contributed by atoms with Crippen molar-refractivity contribution >= 4 is 33.2 Å². The van der Waals surface area contributed by atoms with Gasteiger partial charge in [-0.1, -0.05) is 30.1 Å². The van der Waals surface area contributed by atoms with Gasteiger partial charge >= 0.3 is 0 Å². The van der Waals surface area contributed by atoms with E-state index < -0.39 is 15.6 Å². The van der Waals surface area contributed by atoms with Crippen LogP contribution in [0.1, 0.15) is 39.7 Å². The lowest BCUT2D eigenvalue weighted by Gasteiger charge is -2.21. The van der Waals surface area contributed by atoms with E-state index >= 15 is 0 Å². The lowest BCUT2D eigenvalue weighted by molar-refractivity contribution is 0.491. The first-order valence-electron chi connectivity index (χ1n) is 6.79. The van der Waals surface area contributed by atoms with Crippen LogP contribution in [0.25, 0.3) is 0 Å². The van der Waals surface area contributed by atoms with E-state index in [2.05, 4.69) is 17.0 Å². The van der Waals surface area contributed by atoms with Crippen molar-refractivity contribution in [3.8, 4) is 0 Å². The minimum atomic E-state index is -3.72. The molecule has 0 unspecified atom stereocenters. The molecule has 120 valence electrons. The van der Waals surface area contributed by atoms with Gasteiger partial charge in [0, 0.05) is 17.1 Å². The molecular weight excluding hydrogens is 331 g/mol. The molecule has 1 aromatic rings. The van der Waals surface area contributed by atoms with Crippen LogP contribution in [0.15, 0.2) is 17.0 Å². The Kier molecular flexibility index (Phi) is 6.50. The molecule has 0 aliphatic rings. The van der Waals surface area contributed by atoms with Crippen molar-refractivity contribution in [1.29, 1.82) is 0 Å². The van der Waals surface area contributed by atoms with Gasteiger partial charge < -0.3 is 5.32 Å². The Labute approximate surface area is 137 Å². The molecule has 0 bridgehead atoms. The Morgan fingerprint density at radius 1 is 1.19 bits per heavy atom. The number of hydrogen-bond donors (Lipinski definition) is 2. The van der Waals surface area contributed by atoms with Gasteiger partial charge in [0.2, 0.25) is 10.0 Å². The maximum Gasteiger partial charge on any atom is 0.242 e. The van der Waals surface area contributed by atoms with Crippen LogP contribution < -0.4 is 10.0 Å². The van der Waals surface area contributed by atoms with E-state index in [1.165, 1.54) is 6.07 Å². The van der Waals surface area contributed by atoms with Crippen molar-refractivity contribution in [3.05, 3.63) is 27.7 Å². The summed E-state index contributed by atoms with van der Waals surface area (Å²) in [6, 6.07) is 3.06. The fourth-order valence-electron chi connectivity index (χ4n) is 1.80. The molecule has 2 N–H and O–H groups in total. The summed E-state index contributed by atoms with van der Waals surface area (Å²) >= 11 is 12.3. The van der Waals surface area contributed by atoms with Crippen LogP contribution in [0.2, 0.25) is 10.0 Å². The summed E-state index contributed by atoms with van der Waals surface area (Å²) in [6.45, 7) is 8.66. The third-order valence-corrected chi connectivity index (χ3v) is 5.11. The van der Waals surface area contributed by atoms with Crippen LogP contribution in [0.5, 0.6) is 0 Å². The zero-order valence-electron chi connectivity index (χ0n) is 12.8. The smallest absolute Gasteiger partial charge is 0.242 e. The van der Waals surface area contributed by atoms with E-state index in [0.29, 0.717) is 17.1 Å². The molecule has 7 heteroatoms. The molecule has 0 atom stereocenters. The first-order chi connectivity index (χ1) is 9.57. The monoisotopic (exact) mass is 352 g/mol. The third kappa shape index (κ3) is 5.75. The van der Waals surface area contributed by atoms with E-state index in [1.54, 1.807) is 26.8 Å². The fraction of sp³-hybridized carbons (Fsp3) is 0.571. The van der Waals surface area contributed by atoms with Crippen LogP contribution in [0.3, 0.4) is 0 Å². The molecule has 4 nitrogen and oxygen atoms in total. The molecule has 1 rings (SSSR count). The summed E-state index contributed by atoms with van der Waals surface area (Å²) in [5, 5.41) is 3.75.